The second-order valence-corrected chi connectivity index (χ2v) is 9.97. The van der Waals surface area contributed by atoms with Gasteiger partial charge in [0, 0.05) is 36.8 Å². The molecule has 2 heterocycles. The molecule has 9 nitrogen and oxygen atoms in total. The zero-order valence-corrected chi connectivity index (χ0v) is 20.3. The molecule has 1 fully saturated rings. The number of aryl methyl sites for hydroxylation is 1. The largest absolute Gasteiger partial charge is 0.395 e. The van der Waals surface area contributed by atoms with Crippen LogP contribution in [0.3, 0.4) is 0 Å². The Hall–Kier alpha value is -2.94. The van der Waals surface area contributed by atoms with Gasteiger partial charge in [0.15, 0.2) is 0 Å². The molecule has 188 valence electrons. The molecule has 11 heteroatoms. The number of aliphatic hydroxyl groups is 2. The number of aliphatic hydroxyl groups excluding tert-OH is 2. The molecule has 0 radical (unpaired) electrons. The first-order chi connectivity index (χ1) is 16.8. The molecule has 3 atom stereocenters. The highest BCUT2D eigenvalue weighted by Gasteiger charge is 2.35. The summed E-state index contributed by atoms with van der Waals surface area (Å²) in [5.74, 6) is -1.05. The predicted octanol–water partition coefficient (Wildman–Crippen LogP) is 1.68. The number of nitrogens with one attached hydrogen (secondary N) is 1. The van der Waals surface area contributed by atoms with E-state index in [9.17, 15) is 29.0 Å². The predicted molar refractivity (Wildman–Crippen MR) is 130 cm³/mol. The highest BCUT2D eigenvalue weighted by molar-refractivity contribution is 8.00. The fraction of sp³-hybridized carbons (Fsp3) is 0.500. The number of thioether (sulfide) groups is 1. The fourth-order valence-corrected chi connectivity index (χ4v) is 5.39. The Balaban J connectivity index is 1.48. The van der Waals surface area contributed by atoms with Gasteiger partial charge in [-0.3, -0.25) is 18.7 Å². The molecule has 1 aromatic carbocycles. The summed E-state index contributed by atoms with van der Waals surface area (Å²) in [4.78, 5) is 37.7. The van der Waals surface area contributed by atoms with E-state index in [1.54, 1.807) is 13.0 Å². The fourth-order valence-electron chi connectivity index (χ4n) is 4.02. The minimum absolute atomic E-state index is 0.180. The Kier molecular flexibility index (Phi) is 9.26. The van der Waals surface area contributed by atoms with E-state index in [2.05, 4.69) is 5.32 Å². The third-order valence-corrected chi connectivity index (χ3v) is 7.55. The summed E-state index contributed by atoms with van der Waals surface area (Å²) in [6.45, 7) is 2.14. The minimum atomic E-state index is -0.709. The van der Waals surface area contributed by atoms with Gasteiger partial charge < -0.3 is 15.5 Å². The summed E-state index contributed by atoms with van der Waals surface area (Å²) in [7, 11) is 0. The number of halogens is 1. The SMILES string of the molecule is Cc1cn([C@H]2C[C@H](O)[C@@H](CO)S2)c(=O)n(CCCCCCNC(=O)c2ccc([18F])c(C#N)c2)c1=O. The standard InChI is InChI=1S/C24H29FN4O5S/c1-15-13-29(21-11-19(31)20(14-30)35-21)24(34)28(23(15)33)9-5-3-2-4-8-27-22(32)16-6-7-18(25)17(10-16)12-26/h6-7,10,13,19-21,30-31H,2-5,8-9,11,14H2,1H3,(H,27,32)/t19-,20+,21+/m0/s1/i25-1. The number of hydrogen-bond donors (Lipinski definition) is 3. The molecule has 0 unspecified atom stereocenters. The average molecular weight is 504 g/mol. The van der Waals surface area contributed by atoms with Crippen LogP contribution in [0.4, 0.5) is 4.39 Å². The van der Waals surface area contributed by atoms with Crippen molar-refractivity contribution in [3.05, 3.63) is 67.7 Å². The van der Waals surface area contributed by atoms with E-state index in [0.29, 0.717) is 31.4 Å². The van der Waals surface area contributed by atoms with Crippen molar-refractivity contribution < 1.29 is 19.4 Å². The summed E-state index contributed by atoms with van der Waals surface area (Å²) in [5.41, 5.74) is -0.283. The van der Waals surface area contributed by atoms with E-state index in [1.807, 2.05) is 0 Å². The monoisotopic (exact) mass is 503 g/mol. The van der Waals surface area contributed by atoms with Gasteiger partial charge in [-0.2, -0.15) is 5.26 Å². The Morgan fingerprint density at radius 1 is 1.29 bits per heavy atom. The zero-order chi connectivity index (χ0) is 25.5. The van der Waals surface area contributed by atoms with Crippen molar-refractivity contribution in [3.63, 3.8) is 0 Å². The first-order valence-corrected chi connectivity index (χ1v) is 12.5. The number of benzene rings is 1. The number of rotatable bonds is 10. The van der Waals surface area contributed by atoms with Crippen LogP contribution in [0.2, 0.25) is 0 Å². The molecule has 1 amide bonds. The number of amides is 1. The van der Waals surface area contributed by atoms with E-state index in [1.165, 1.54) is 39.2 Å². The molecule has 0 aliphatic carbocycles. The molecule has 0 bridgehead atoms. The molecular weight excluding hydrogens is 474 g/mol. The molecule has 0 spiro atoms. The quantitative estimate of drug-likeness (QED) is 0.420. The number of unbranched alkanes of at least 4 members (excludes halogenated alkanes) is 3. The van der Waals surface area contributed by atoms with Crippen molar-refractivity contribution in [1.29, 1.82) is 5.26 Å². The number of hydrogen-bond acceptors (Lipinski definition) is 7. The lowest BCUT2D eigenvalue weighted by atomic mass is 10.1. The number of carbonyl (C=O) groups is 1. The number of nitriles is 1. The van der Waals surface area contributed by atoms with Gasteiger partial charge in [0.05, 0.1) is 28.9 Å². The first-order valence-electron chi connectivity index (χ1n) is 11.5. The van der Waals surface area contributed by atoms with Crippen LogP contribution in [0, 0.1) is 24.1 Å². The molecule has 1 aliphatic heterocycles. The molecule has 2 aromatic rings. The highest BCUT2D eigenvalue weighted by atomic mass is 32.2. The number of aromatic nitrogens is 2. The van der Waals surface area contributed by atoms with Crippen molar-refractivity contribution in [3.8, 4) is 6.07 Å². The Bertz CT molecular complexity index is 1220. The van der Waals surface area contributed by atoms with E-state index < -0.39 is 17.6 Å². The zero-order valence-electron chi connectivity index (χ0n) is 19.4. The van der Waals surface area contributed by atoms with Crippen LogP contribution < -0.4 is 16.6 Å². The van der Waals surface area contributed by atoms with Crippen LogP contribution in [0.5, 0.6) is 0 Å². The van der Waals surface area contributed by atoms with Crippen LogP contribution in [0.15, 0.2) is 34.0 Å². The van der Waals surface area contributed by atoms with Crippen LogP contribution in [-0.2, 0) is 6.54 Å². The van der Waals surface area contributed by atoms with Crippen molar-refractivity contribution in [2.45, 2.75) is 62.3 Å². The Morgan fingerprint density at radius 2 is 2.03 bits per heavy atom. The lowest BCUT2D eigenvalue weighted by molar-refractivity contribution is 0.0952. The average Bonchev–Trinajstić information content (AvgIpc) is 3.22. The molecule has 3 rings (SSSR count). The highest BCUT2D eigenvalue weighted by Crippen LogP contribution is 2.40. The molecule has 3 N–H and O–H groups in total. The maximum atomic E-state index is 13.4. The van der Waals surface area contributed by atoms with Crippen molar-refractivity contribution in [1.82, 2.24) is 14.5 Å². The number of nitrogens with zero attached hydrogens (tertiary/aromatic N) is 3. The normalized spacial score (nSPS) is 19.5. The van der Waals surface area contributed by atoms with Gasteiger partial charge in [0.1, 0.15) is 11.9 Å². The van der Waals surface area contributed by atoms with Crippen LogP contribution in [-0.4, -0.2) is 49.8 Å². The van der Waals surface area contributed by atoms with Crippen LogP contribution in [0.1, 0.15) is 59.0 Å². The van der Waals surface area contributed by atoms with Crippen molar-refractivity contribution >= 4 is 17.7 Å². The summed E-state index contributed by atoms with van der Waals surface area (Å²) >= 11 is 1.33. The lowest BCUT2D eigenvalue weighted by Crippen LogP contribution is -2.41. The second kappa shape index (κ2) is 12.2. The van der Waals surface area contributed by atoms with Crippen molar-refractivity contribution in [2.24, 2.45) is 0 Å². The topological polar surface area (TPSA) is 137 Å². The van der Waals surface area contributed by atoms with Crippen molar-refractivity contribution in [2.75, 3.05) is 13.2 Å². The molecule has 1 saturated heterocycles. The second-order valence-electron chi connectivity index (χ2n) is 8.55. The van der Waals surface area contributed by atoms with Gasteiger partial charge in [-0.1, -0.05) is 12.8 Å². The summed E-state index contributed by atoms with van der Waals surface area (Å²) < 4.78 is 16.1. The molecule has 0 saturated carbocycles. The molecule has 35 heavy (non-hydrogen) atoms. The third kappa shape index (κ3) is 6.39. The van der Waals surface area contributed by atoms with Gasteiger partial charge in [0.2, 0.25) is 0 Å². The van der Waals surface area contributed by atoms with E-state index >= 15 is 0 Å². The Morgan fingerprint density at radius 3 is 2.71 bits per heavy atom. The molecule has 1 aliphatic rings. The smallest absolute Gasteiger partial charge is 0.331 e. The van der Waals surface area contributed by atoms with Gasteiger partial charge in [-0.15, -0.1) is 11.8 Å². The number of carbonyl (C=O) groups excluding carboxylic acids is 1. The van der Waals surface area contributed by atoms with Gasteiger partial charge in [-0.25, -0.2) is 9.18 Å². The Labute approximate surface area is 206 Å². The maximum Gasteiger partial charge on any atom is 0.331 e. The van der Waals surface area contributed by atoms with Gasteiger partial charge >= 0.3 is 5.69 Å². The lowest BCUT2D eigenvalue weighted by Gasteiger charge is -2.16. The maximum absolute atomic E-state index is 13.4. The summed E-state index contributed by atoms with van der Waals surface area (Å²) in [5, 5.41) is 30.3. The molecule has 1 aromatic heterocycles. The minimum Gasteiger partial charge on any atom is -0.395 e. The third-order valence-electron chi connectivity index (χ3n) is 6.00. The molecular formula is C24H29FN4O5S. The van der Waals surface area contributed by atoms with E-state index in [4.69, 9.17) is 5.26 Å². The summed E-state index contributed by atoms with van der Waals surface area (Å²) in [6, 6.07) is 5.34. The van der Waals surface area contributed by atoms with Gasteiger partial charge in [-0.05, 0) is 38.0 Å². The van der Waals surface area contributed by atoms with E-state index in [-0.39, 0.29) is 46.4 Å². The van der Waals surface area contributed by atoms with Crippen LogP contribution >= 0.6 is 11.8 Å². The van der Waals surface area contributed by atoms with Gasteiger partial charge in [0.25, 0.3) is 11.5 Å². The summed E-state index contributed by atoms with van der Waals surface area (Å²) in [6.07, 6.45) is 3.95. The first kappa shape index (κ1) is 26.7. The van der Waals surface area contributed by atoms with Crippen LogP contribution in [0.25, 0.3) is 0 Å². The van der Waals surface area contributed by atoms with E-state index in [0.717, 1.165) is 18.9 Å².